The molecule has 2 aromatic rings. The summed E-state index contributed by atoms with van der Waals surface area (Å²) in [6.07, 6.45) is 2.25. The maximum absolute atomic E-state index is 6.48. The summed E-state index contributed by atoms with van der Waals surface area (Å²) in [5, 5.41) is 0.880. The molecule has 0 bridgehead atoms. The summed E-state index contributed by atoms with van der Waals surface area (Å²) in [6, 6.07) is 13.9. The number of rotatable bonds is 4. The molecule has 0 radical (unpaired) electrons. The van der Waals surface area contributed by atoms with Crippen molar-refractivity contribution in [1.29, 1.82) is 0 Å². The summed E-state index contributed by atoms with van der Waals surface area (Å²) >= 11 is 18.4. The highest BCUT2D eigenvalue weighted by Crippen LogP contribution is 2.33. The van der Waals surface area contributed by atoms with E-state index in [9.17, 15) is 0 Å². The molecule has 0 aromatic heterocycles. The zero-order chi connectivity index (χ0) is 13.8. The molecule has 0 saturated heterocycles. The summed E-state index contributed by atoms with van der Waals surface area (Å²) in [7, 11) is 0. The lowest BCUT2D eigenvalue weighted by molar-refractivity contribution is 0.920. The Morgan fingerprint density at radius 2 is 1.53 bits per heavy atom. The molecule has 0 fully saturated rings. The molecule has 0 heterocycles. The normalized spacial score (nSPS) is 12.4. The van der Waals surface area contributed by atoms with Crippen LogP contribution in [0.3, 0.4) is 0 Å². The summed E-state index contributed by atoms with van der Waals surface area (Å²) in [5.41, 5.74) is 3.36. The molecule has 1 atom stereocenters. The van der Waals surface area contributed by atoms with Crippen LogP contribution in [0.4, 0.5) is 0 Å². The van der Waals surface area contributed by atoms with Gasteiger partial charge in [0, 0.05) is 0 Å². The van der Waals surface area contributed by atoms with Gasteiger partial charge in [-0.15, -0.1) is 11.6 Å². The monoisotopic (exact) mass is 312 g/mol. The molecule has 0 aliphatic heterocycles. The van der Waals surface area contributed by atoms with Crippen molar-refractivity contribution in [2.75, 3.05) is 0 Å². The van der Waals surface area contributed by atoms with Crippen molar-refractivity contribution in [3.05, 3.63) is 69.2 Å². The van der Waals surface area contributed by atoms with E-state index in [1.807, 2.05) is 12.1 Å². The Kier molecular flexibility index (Phi) is 5.15. The summed E-state index contributed by atoms with van der Waals surface area (Å²) in [6.45, 7) is 2.17. The first kappa shape index (κ1) is 14.7. The largest absolute Gasteiger partial charge is 0.113 e. The first-order valence-corrected chi connectivity index (χ1v) is 7.49. The highest BCUT2D eigenvalue weighted by atomic mass is 35.5. The van der Waals surface area contributed by atoms with Crippen LogP contribution in [0, 0.1) is 0 Å². The molecule has 2 rings (SSSR count). The Balaban J connectivity index is 2.22. The smallest absolute Gasteiger partial charge is 0.0835 e. The molecular formula is C16H15Cl3. The number of halogens is 3. The van der Waals surface area contributed by atoms with Gasteiger partial charge in [0.15, 0.2) is 0 Å². The highest BCUT2D eigenvalue weighted by Gasteiger charge is 2.12. The third-order valence-corrected chi connectivity index (χ3v) is 4.29. The molecule has 1 unspecified atom stereocenters. The predicted molar refractivity (Wildman–Crippen MR) is 84.6 cm³/mol. The van der Waals surface area contributed by atoms with Gasteiger partial charge in [-0.2, -0.15) is 0 Å². The number of alkyl halides is 1. The van der Waals surface area contributed by atoms with Crippen LogP contribution >= 0.6 is 34.8 Å². The third-order valence-electron chi connectivity index (χ3n) is 3.05. The van der Waals surface area contributed by atoms with E-state index >= 15 is 0 Å². The van der Waals surface area contributed by atoms with Crippen LogP contribution < -0.4 is 0 Å². The van der Waals surface area contributed by atoms with Crippen LogP contribution in [0.2, 0.25) is 10.0 Å². The molecule has 100 valence electrons. The standard InChI is InChI=1S/C16H15Cl3/c1-2-3-11-4-6-12(7-5-11)16(19)13-8-9-14(17)15(18)10-13/h4-10,16H,2-3H2,1H3. The zero-order valence-electron chi connectivity index (χ0n) is 10.7. The molecule has 0 nitrogen and oxygen atoms in total. The van der Waals surface area contributed by atoms with Gasteiger partial charge in [-0.25, -0.2) is 0 Å². The van der Waals surface area contributed by atoms with E-state index in [2.05, 4.69) is 31.2 Å². The molecule has 0 amide bonds. The predicted octanol–water partition coefficient (Wildman–Crippen LogP) is 6.27. The Morgan fingerprint density at radius 3 is 2.11 bits per heavy atom. The number of hydrogen-bond donors (Lipinski definition) is 0. The molecule has 2 aromatic carbocycles. The Hall–Kier alpha value is -0.690. The van der Waals surface area contributed by atoms with Gasteiger partial charge in [-0.1, -0.05) is 66.9 Å². The topological polar surface area (TPSA) is 0 Å². The second-order valence-electron chi connectivity index (χ2n) is 4.53. The zero-order valence-corrected chi connectivity index (χ0v) is 12.9. The second-order valence-corrected chi connectivity index (χ2v) is 5.78. The first-order valence-electron chi connectivity index (χ1n) is 6.29. The first-order chi connectivity index (χ1) is 9.11. The van der Waals surface area contributed by atoms with Gasteiger partial charge in [0.05, 0.1) is 15.4 Å². The second kappa shape index (κ2) is 6.65. The van der Waals surface area contributed by atoms with E-state index in [1.165, 1.54) is 5.56 Å². The molecule has 0 saturated carbocycles. The highest BCUT2D eigenvalue weighted by molar-refractivity contribution is 6.42. The van der Waals surface area contributed by atoms with Gasteiger partial charge < -0.3 is 0 Å². The maximum Gasteiger partial charge on any atom is 0.0835 e. The van der Waals surface area contributed by atoms with E-state index in [1.54, 1.807) is 6.07 Å². The van der Waals surface area contributed by atoms with Crippen LogP contribution in [0.5, 0.6) is 0 Å². The van der Waals surface area contributed by atoms with Gasteiger partial charge in [0.25, 0.3) is 0 Å². The van der Waals surface area contributed by atoms with Gasteiger partial charge in [0.1, 0.15) is 0 Å². The van der Waals surface area contributed by atoms with Gasteiger partial charge in [0.2, 0.25) is 0 Å². The average molecular weight is 314 g/mol. The lowest BCUT2D eigenvalue weighted by atomic mass is 10.0. The fourth-order valence-corrected chi connectivity index (χ4v) is 2.59. The minimum absolute atomic E-state index is 0.203. The summed E-state index contributed by atoms with van der Waals surface area (Å²) in [5.74, 6) is 0. The van der Waals surface area contributed by atoms with E-state index < -0.39 is 0 Å². The molecular weight excluding hydrogens is 299 g/mol. The van der Waals surface area contributed by atoms with Crippen molar-refractivity contribution in [2.24, 2.45) is 0 Å². The van der Waals surface area contributed by atoms with Crippen molar-refractivity contribution in [2.45, 2.75) is 25.1 Å². The summed E-state index contributed by atoms with van der Waals surface area (Å²) in [4.78, 5) is 0. The fourth-order valence-electron chi connectivity index (χ4n) is 2.00. The van der Waals surface area contributed by atoms with Crippen molar-refractivity contribution in [1.82, 2.24) is 0 Å². The van der Waals surface area contributed by atoms with Crippen LogP contribution in [-0.2, 0) is 6.42 Å². The van der Waals surface area contributed by atoms with E-state index in [0.29, 0.717) is 10.0 Å². The number of hydrogen-bond acceptors (Lipinski definition) is 0. The Bertz CT molecular complexity index is 546. The Labute approximate surface area is 129 Å². The van der Waals surface area contributed by atoms with Crippen LogP contribution in [0.15, 0.2) is 42.5 Å². The number of aryl methyl sites for hydroxylation is 1. The minimum atomic E-state index is -0.203. The lowest BCUT2D eigenvalue weighted by Crippen LogP contribution is -1.94. The van der Waals surface area contributed by atoms with Crippen molar-refractivity contribution < 1.29 is 0 Å². The molecule has 19 heavy (non-hydrogen) atoms. The van der Waals surface area contributed by atoms with Crippen molar-refractivity contribution in [3.8, 4) is 0 Å². The van der Waals surface area contributed by atoms with Crippen LogP contribution in [0.1, 0.15) is 35.4 Å². The fraction of sp³-hybridized carbons (Fsp3) is 0.250. The van der Waals surface area contributed by atoms with Gasteiger partial charge in [-0.05, 0) is 35.2 Å². The van der Waals surface area contributed by atoms with Crippen LogP contribution in [0.25, 0.3) is 0 Å². The van der Waals surface area contributed by atoms with Gasteiger partial charge >= 0.3 is 0 Å². The van der Waals surface area contributed by atoms with Gasteiger partial charge in [-0.3, -0.25) is 0 Å². The third kappa shape index (κ3) is 3.66. The van der Waals surface area contributed by atoms with Crippen molar-refractivity contribution in [3.63, 3.8) is 0 Å². The van der Waals surface area contributed by atoms with E-state index in [-0.39, 0.29) is 5.38 Å². The van der Waals surface area contributed by atoms with E-state index in [0.717, 1.165) is 24.0 Å². The number of benzene rings is 2. The SMILES string of the molecule is CCCc1ccc(C(Cl)c2ccc(Cl)c(Cl)c2)cc1. The molecule has 0 spiro atoms. The quantitative estimate of drug-likeness (QED) is 0.583. The Morgan fingerprint density at radius 1 is 0.895 bits per heavy atom. The van der Waals surface area contributed by atoms with Crippen LogP contribution in [-0.4, -0.2) is 0 Å². The van der Waals surface area contributed by atoms with E-state index in [4.69, 9.17) is 34.8 Å². The maximum atomic E-state index is 6.48. The molecule has 0 N–H and O–H groups in total. The van der Waals surface area contributed by atoms with Crippen molar-refractivity contribution >= 4 is 34.8 Å². The minimum Gasteiger partial charge on any atom is -0.113 e. The summed E-state index contributed by atoms with van der Waals surface area (Å²) < 4.78 is 0. The molecule has 3 heteroatoms. The molecule has 0 aliphatic rings. The average Bonchev–Trinajstić information content (AvgIpc) is 2.42. The lowest BCUT2D eigenvalue weighted by Gasteiger charge is -2.12. The molecule has 0 aliphatic carbocycles.